The summed E-state index contributed by atoms with van der Waals surface area (Å²) in [5.74, 6) is -0.258. The fraction of sp³-hybridized carbons (Fsp3) is 0.118. The van der Waals surface area contributed by atoms with Crippen molar-refractivity contribution in [1.29, 1.82) is 0 Å². The minimum absolute atomic E-state index is 0.258. The third kappa shape index (κ3) is 2.52. The fourth-order valence-electron chi connectivity index (χ4n) is 2.38. The molecule has 1 heterocycles. The predicted molar refractivity (Wildman–Crippen MR) is 86.2 cm³/mol. The molecular weight excluding hydrogens is 265 g/mol. The second-order valence-electron chi connectivity index (χ2n) is 4.80. The maximum absolute atomic E-state index is 13.4. The Morgan fingerprint density at radius 1 is 0.952 bits per heavy atom. The van der Waals surface area contributed by atoms with Crippen LogP contribution in [0, 0.1) is 5.82 Å². The predicted octanol–water partition coefficient (Wildman–Crippen LogP) is 4.12. The SMILES string of the molecule is CNc1ccc2nc(-c3cccc(F)c3)cc(NC)c2c1. The van der Waals surface area contributed by atoms with Gasteiger partial charge in [-0.3, -0.25) is 0 Å². The summed E-state index contributed by atoms with van der Waals surface area (Å²) in [5.41, 5.74) is 4.39. The fourth-order valence-corrected chi connectivity index (χ4v) is 2.38. The van der Waals surface area contributed by atoms with Gasteiger partial charge in [-0.1, -0.05) is 12.1 Å². The standard InChI is InChI=1S/C17H16FN3/c1-19-13-6-7-15-14(9-13)17(20-2)10-16(21-15)11-4-3-5-12(18)8-11/h3-10,19H,1-2H3,(H,20,21). The van der Waals surface area contributed by atoms with Crippen molar-refractivity contribution in [2.24, 2.45) is 0 Å². The molecule has 0 spiro atoms. The zero-order valence-electron chi connectivity index (χ0n) is 11.9. The lowest BCUT2D eigenvalue weighted by atomic mass is 10.1. The van der Waals surface area contributed by atoms with Crippen molar-refractivity contribution in [2.45, 2.75) is 0 Å². The van der Waals surface area contributed by atoms with Crippen LogP contribution >= 0.6 is 0 Å². The van der Waals surface area contributed by atoms with Crippen molar-refractivity contribution in [1.82, 2.24) is 4.98 Å². The molecule has 0 aliphatic carbocycles. The normalized spacial score (nSPS) is 10.6. The van der Waals surface area contributed by atoms with Crippen molar-refractivity contribution in [3.8, 4) is 11.3 Å². The summed E-state index contributed by atoms with van der Waals surface area (Å²) in [4.78, 5) is 4.64. The average Bonchev–Trinajstić information content (AvgIpc) is 2.53. The van der Waals surface area contributed by atoms with Gasteiger partial charge in [0.05, 0.1) is 11.2 Å². The number of pyridine rings is 1. The zero-order valence-corrected chi connectivity index (χ0v) is 11.9. The number of hydrogen-bond donors (Lipinski definition) is 2. The molecule has 3 rings (SSSR count). The molecule has 3 nitrogen and oxygen atoms in total. The first-order chi connectivity index (χ1) is 10.2. The summed E-state index contributed by atoms with van der Waals surface area (Å²) in [7, 11) is 3.75. The molecule has 2 N–H and O–H groups in total. The van der Waals surface area contributed by atoms with Gasteiger partial charge in [0.15, 0.2) is 0 Å². The Hall–Kier alpha value is -2.62. The first-order valence-corrected chi connectivity index (χ1v) is 6.77. The maximum atomic E-state index is 13.4. The van der Waals surface area contributed by atoms with E-state index in [9.17, 15) is 4.39 Å². The van der Waals surface area contributed by atoms with E-state index in [1.54, 1.807) is 6.07 Å². The Kier molecular flexibility index (Phi) is 3.44. The lowest BCUT2D eigenvalue weighted by Gasteiger charge is -2.11. The van der Waals surface area contributed by atoms with Gasteiger partial charge < -0.3 is 10.6 Å². The summed E-state index contributed by atoms with van der Waals surface area (Å²) in [5, 5.41) is 7.34. The van der Waals surface area contributed by atoms with E-state index >= 15 is 0 Å². The van der Waals surface area contributed by atoms with Gasteiger partial charge in [0, 0.05) is 36.4 Å². The highest BCUT2D eigenvalue weighted by Crippen LogP contribution is 2.30. The van der Waals surface area contributed by atoms with Crippen LogP contribution in [-0.2, 0) is 0 Å². The summed E-state index contributed by atoms with van der Waals surface area (Å²) in [6.45, 7) is 0. The van der Waals surface area contributed by atoms with Crippen LogP contribution in [0.15, 0.2) is 48.5 Å². The third-order valence-electron chi connectivity index (χ3n) is 3.49. The lowest BCUT2D eigenvalue weighted by molar-refractivity contribution is 0.628. The highest BCUT2D eigenvalue weighted by atomic mass is 19.1. The Labute approximate surface area is 122 Å². The molecule has 0 radical (unpaired) electrons. The number of hydrogen-bond acceptors (Lipinski definition) is 3. The van der Waals surface area contributed by atoms with E-state index in [4.69, 9.17) is 0 Å². The largest absolute Gasteiger partial charge is 0.388 e. The molecule has 0 atom stereocenters. The molecule has 0 amide bonds. The van der Waals surface area contributed by atoms with Crippen molar-refractivity contribution < 1.29 is 4.39 Å². The van der Waals surface area contributed by atoms with Gasteiger partial charge in [-0.2, -0.15) is 0 Å². The van der Waals surface area contributed by atoms with E-state index in [2.05, 4.69) is 15.6 Å². The Morgan fingerprint density at radius 2 is 1.81 bits per heavy atom. The zero-order chi connectivity index (χ0) is 14.8. The van der Waals surface area contributed by atoms with Gasteiger partial charge in [0.1, 0.15) is 5.82 Å². The minimum Gasteiger partial charge on any atom is -0.388 e. The molecule has 0 fully saturated rings. The molecule has 0 saturated carbocycles. The summed E-state index contributed by atoms with van der Waals surface area (Å²) < 4.78 is 13.4. The van der Waals surface area contributed by atoms with Crippen molar-refractivity contribution in [3.05, 3.63) is 54.3 Å². The van der Waals surface area contributed by atoms with E-state index in [1.807, 2.05) is 44.4 Å². The molecule has 21 heavy (non-hydrogen) atoms. The van der Waals surface area contributed by atoms with Crippen LogP contribution in [0.1, 0.15) is 0 Å². The number of benzene rings is 2. The Morgan fingerprint density at radius 3 is 2.52 bits per heavy atom. The number of anilines is 2. The number of nitrogens with zero attached hydrogens (tertiary/aromatic N) is 1. The highest BCUT2D eigenvalue weighted by Gasteiger charge is 2.08. The van der Waals surface area contributed by atoms with Gasteiger partial charge in [-0.25, -0.2) is 9.37 Å². The summed E-state index contributed by atoms with van der Waals surface area (Å²) >= 11 is 0. The minimum atomic E-state index is -0.258. The molecule has 0 aliphatic heterocycles. The number of fused-ring (bicyclic) bond motifs is 1. The van der Waals surface area contributed by atoms with E-state index in [0.29, 0.717) is 0 Å². The second kappa shape index (κ2) is 5.40. The van der Waals surface area contributed by atoms with Gasteiger partial charge in [0.25, 0.3) is 0 Å². The molecule has 0 aliphatic rings. The van der Waals surface area contributed by atoms with Crippen LogP contribution in [0.3, 0.4) is 0 Å². The first kappa shape index (κ1) is 13.4. The van der Waals surface area contributed by atoms with Gasteiger partial charge in [-0.15, -0.1) is 0 Å². The molecule has 0 bridgehead atoms. The van der Waals surface area contributed by atoms with Crippen LogP contribution in [0.25, 0.3) is 22.2 Å². The van der Waals surface area contributed by atoms with Crippen LogP contribution in [-0.4, -0.2) is 19.1 Å². The van der Waals surface area contributed by atoms with Crippen LogP contribution in [0.2, 0.25) is 0 Å². The monoisotopic (exact) mass is 281 g/mol. The maximum Gasteiger partial charge on any atom is 0.123 e. The molecular formula is C17H16FN3. The molecule has 4 heteroatoms. The second-order valence-corrected chi connectivity index (χ2v) is 4.80. The first-order valence-electron chi connectivity index (χ1n) is 6.77. The van der Waals surface area contributed by atoms with E-state index in [0.717, 1.165) is 33.5 Å². The Bertz CT molecular complexity index is 799. The number of halogens is 1. The molecule has 0 saturated heterocycles. The lowest BCUT2D eigenvalue weighted by Crippen LogP contribution is -1.96. The van der Waals surface area contributed by atoms with Gasteiger partial charge in [-0.05, 0) is 36.4 Å². The highest BCUT2D eigenvalue weighted by molar-refractivity contribution is 5.95. The molecule has 1 aromatic heterocycles. The summed E-state index contributed by atoms with van der Waals surface area (Å²) in [6, 6.07) is 14.4. The van der Waals surface area contributed by atoms with E-state index < -0.39 is 0 Å². The van der Waals surface area contributed by atoms with Crippen LogP contribution < -0.4 is 10.6 Å². The van der Waals surface area contributed by atoms with Crippen molar-refractivity contribution in [2.75, 3.05) is 24.7 Å². The number of nitrogens with one attached hydrogen (secondary N) is 2. The average molecular weight is 281 g/mol. The molecule has 0 unspecified atom stereocenters. The molecule has 106 valence electrons. The summed E-state index contributed by atoms with van der Waals surface area (Å²) in [6.07, 6.45) is 0. The van der Waals surface area contributed by atoms with Gasteiger partial charge >= 0.3 is 0 Å². The topological polar surface area (TPSA) is 37.0 Å². The third-order valence-corrected chi connectivity index (χ3v) is 3.49. The molecule has 3 aromatic rings. The number of aromatic nitrogens is 1. The van der Waals surface area contributed by atoms with Crippen molar-refractivity contribution in [3.63, 3.8) is 0 Å². The van der Waals surface area contributed by atoms with Crippen LogP contribution in [0.4, 0.5) is 15.8 Å². The van der Waals surface area contributed by atoms with Gasteiger partial charge in [0.2, 0.25) is 0 Å². The van der Waals surface area contributed by atoms with Crippen molar-refractivity contribution >= 4 is 22.3 Å². The quantitative estimate of drug-likeness (QED) is 0.758. The Balaban J connectivity index is 2.22. The molecule has 2 aromatic carbocycles. The number of rotatable bonds is 3. The van der Waals surface area contributed by atoms with E-state index in [1.165, 1.54) is 12.1 Å². The van der Waals surface area contributed by atoms with E-state index in [-0.39, 0.29) is 5.82 Å². The smallest absolute Gasteiger partial charge is 0.123 e. The van der Waals surface area contributed by atoms with Crippen LogP contribution in [0.5, 0.6) is 0 Å².